The number of nitrogens with one attached hydrogen (secondary N) is 1. The van der Waals surface area contributed by atoms with E-state index in [-0.39, 0.29) is 11.8 Å². The van der Waals surface area contributed by atoms with Crippen LogP contribution in [0.3, 0.4) is 0 Å². The monoisotopic (exact) mass is 241 g/mol. The molecule has 92 valence electrons. The minimum atomic E-state index is 0.0755. The van der Waals surface area contributed by atoms with E-state index in [9.17, 15) is 4.79 Å². The Morgan fingerprint density at radius 2 is 2.39 bits per heavy atom. The van der Waals surface area contributed by atoms with Gasteiger partial charge in [0.15, 0.2) is 0 Å². The van der Waals surface area contributed by atoms with Crippen molar-refractivity contribution in [3.8, 4) is 6.07 Å². The summed E-state index contributed by atoms with van der Waals surface area (Å²) in [6, 6.07) is 7.40. The molecule has 1 saturated heterocycles. The zero-order valence-corrected chi connectivity index (χ0v) is 10.3. The molecule has 1 aromatic rings. The number of carbonyl (C=O) groups excluding carboxylic acids is 1. The highest BCUT2D eigenvalue weighted by Gasteiger charge is 2.30. The van der Waals surface area contributed by atoms with Gasteiger partial charge < -0.3 is 10.2 Å². The van der Waals surface area contributed by atoms with E-state index in [2.05, 4.69) is 18.0 Å². The maximum absolute atomic E-state index is 12.0. The van der Waals surface area contributed by atoms with Gasteiger partial charge in [-0.1, -0.05) is 6.08 Å². The minimum absolute atomic E-state index is 0.0755. The first-order valence-corrected chi connectivity index (χ1v) is 5.84. The summed E-state index contributed by atoms with van der Waals surface area (Å²) in [6.07, 6.45) is 2.30. The first-order chi connectivity index (χ1) is 8.69. The molecule has 1 fully saturated rings. The maximum atomic E-state index is 12.0. The Bertz CT molecular complexity index is 530. The van der Waals surface area contributed by atoms with Crippen LogP contribution in [0.15, 0.2) is 30.9 Å². The van der Waals surface area contributed by atoms with E-state index in [0.29, 0.717) is 18.5 Å². The lowest BCUT2D eigenvalue weighted by molar-refractivity contribution is -0.117. The normalized spacial score (nSPS) is 18.6. The number of hydrogen-bond donors (Lipinski definition) is 1. The van der Waals surface area contributed by atoms with Crippen LogP contribution in [-0.4, -0.2) is 19.5 Å². The van der Waals surface area contributed by atoms with E-state index in [4.69, 9.17) is 5.26 Å². The molecule has 0 spiro atoms. The van der Waals surface area contributed by atoms with Crippen LogP contribution >= 0.6 is 0 Å². The molecular weight excluding hydrogens is 226 g/mol. The molecule has 1 atom stereocenters. The third-order valence-electron chi connectivity index (χ3n) is 3.18. The smallest absolute Gasteiger partial charge is 0.227 e. The van der Waals surface area contributed by atoms with Crippen molar-refractivity contribution >= 4 is 17.3 Å². The second kappa shape index (κ2) is 4.92. The van der Waals surface area contributed by atoms with Crippen LogP contribution in [0.25, 0.3) is 0 Å². The van der Waals surface area contributed by atoms with Crippen molar-refractivity contribution in [1.82, 2.24) is 0 Å². The van der Waals surface area contributed by atoms with Crippen LogP contribution in [0.5, 0.6) is 0 Å². The van der Waals surface area contributed by atoms with Gasteiger partial charge >= 0.3 is 0 Å². The van der Waals surface area contributed by atoms with Gasteiger partial charge in [-0.3, -0.25) is 4.79 Å². The van der Waals surface area contributed by atoms with Crippen molar-refractivity contribution in [2.75, 3.05) is 23.8 Å². The molecule has 1 amide bonds. The van der Waals surface area contributed by atoms with Gasteiger partial charge in [0.25, 0.3) is 0 Å². The van der Waals surface area contributed by atoms with Gasteiger partial charge in [0.2, 0.25) is 5.91 Å². The van der Waals surface area contributed by atoms with E-state index in [1.165, 1.54) is 0 Å². The Labute approximate surface area is 107 Å². The molecular formula is C14H15N3O. The van der Waals surface area contributed by atoms with Crippen LogP contribution in [0.2, 0.25) is 0 Å². The molecule has 0 aliphatic carbocycles. The molecule has 2 rings (SSSR count). The first-order valence-electron chi connectivity index (χ1n) is 5.84. The van der Waals surface area contributed by atoms with Crippen molar-refractivity contribution in [3.63, 3.8) is 0 Å². The van der Waals surface area contributed by atoms with Crippen LogP contribution in [-0.2, 0) is 4.79 Å². The Morgan fingerprint density at radius 3 is 2.94 bits per heavy atom. The quantitative estimate of drug-likeness (QED) is 0.825. The summed E-state index contributed by atoms with van der Waals surface area (Å²) in [5.41, 5.74) is 2.18. The number of amides is 1. The molecule has 0 saturated carbocycles. The molecule has 0 bridgehead atoms. The van der Waals surface area contributed by atoms with Gasteiger partial charge in [0.05, 0.1) is 23.0 Å². The molecule has 1 heterocycles. The van der Waals surface area contributed by atoms with Crippen LogP contribution < -0.4 is 10.2 Å². The van der Waals surface area contributed by atoms with E-state index in [1.807, 2.05) is 12.1 Å². The highest BCUT2D eigenvalue weighted by Crippen LogP contribution is 2.32. The summed E-state index contributed by atoms with van der Waals surface area (Å²) in [5, 5.41) is 12.0. The number of benzene rings is 1. The molecule has 1 N–H and O–H groups in total. The fraction of sp³-hybridized carbons (Fsp3) is 0.286. The SMILES string of the molecule is C=CC1CC(=O)N(c2cc(C#N)ccc2NC)C1. The zero-order chi connectivity index (χ0) is 13.1. The lowest BCUT2D eigenvalue weighted by atomic mass is 10.1. The number of anilines is 2. The summed E-state index contributed by atoms with van der Waals surface area (Å²) in [4.78, 5) is 13.7. The Kier molecular flexibility index (Phi) is 3.33. The van der Waals surface area contributed by atoms with E-state index >= 15 is 0 Å². The molecule has 1 aliphatic heterocycles. The predicted molar refractivity (Wildman–Crippen MR) is 71.4 cm³/mol. The van der Waals surface area contributed by atoms with Crippen LogP contribution in [0, 0.1) is 17.2 Å². The average Bonchev–Trinajstić information content (AvgIpc) is 2.79. The molecule has 1 unspecified atom stereocenters. The van der Waals surface area contributed by atoms with Crippen molar-refractivity contribution in [1.29, 1.82) is 5.26 Å². The summed E-state index contributed by atoms with van der Waals surface area (Å²) in [6.45, 7) is 4.37. The summed E-state index contributed by atoms with van der Waals surface area (Å²) in [7, 11) is 1.80. The molecule has 1 aliphatic rings. The number of carbonyl (C=O) groups is 1. The van der Waals surface area contributed by atoms with E-state index < -0.39 is 0 Å². The van der Waals surface area contributed by atoms with Gasteiger partial charge in [-0.05, 0) is 18.2 Å². The Morgan fingerprint density at radius 1 is 1.61 bits per heavy atom. The first kappa shape index (κ1) is 12.2. The van der Waals surface area contributed by atoms with Crippen molar-refractivity contribution in [2.45, 2.75) is 6.42 Å². The summed E-state index contributed by atoms with van der Waals surface area (Å²) < 4.78 is 0. The fourth-order valence-corrected chi connectivity index (χ4v) is 2.16. The van der Waals surface area contributed by atoms with Crippen LogP contribution in [0.4, 0.5) is 11.4 Å². The van der Waals surface area contributed by atoms with Crippen molar-refractivity contribution < 1.29 is 4.79 Å². The van der Waals surface area contributed by atoms with Gasteiger partial charge in [0, 0.05) is 25.9 Å². The molecule has 1 aromatic carbocycles. The lowest BCUT2D eigenvalue weighted by Gasteiger charge is -2.20. The zero-order valence-electron chi connectivity index (χ0n) is 10.3. The summed E-state index contributed by atoms with van der Waals surface area (Å²) in [5.74, 6) is 0.263. The number of rotatable bonds is 3. The van der Waals surface area contributed by atoms with Gasteiger partial charge in [-0.2, -0.15) is 5.26 Å². The van der Waals surface area contributed by atoms with Crippen molar-refractivity contribution in [3.05, 3.63) is 36.4 Å². The van der Waals surface area contributed by atoms with Gasteiger partial charge in [0.1, 0.15) is 0 Å². The highest BCUT2D eigenvalue weighted by molar-refractivity contribution is 5.99. The number of hydrogen-bond acceptors (Lipinski definition) is 3. The lowest BCUT2D eigenvalue weighted by Crippen LogP contribution is -2.25. The maximum Gasteiger partial charge on any atom is 0.227 e. The second-order valence-corrected chi connectivity index (χ2v) is 4.30. The third kappa shape index (κ3) is 2.07. The number of nitriles is 1. The van der Waals surface area contributed by atoms with Crippen molar-refractivity contribution in [2.24, 2.45) is 5.92 Å². The topological polar surface area (TPSA) is 56.1 Å². The van der Waals surface area contributed by atoms with E-state index in [1.54, 1.807) is 24.1 Å². The highest BCUT2D eigenvalue weighted by atomic mass is 16.2. The molecule has 4 nitrogen and oxygen atoms in total. The predicted octanol–water partition coefficient (Wildman–Crippen LogP) is 2.14. The second-order valence-electron chi connectivity index (χ2n) is 4.30. The number of nitrogens with zero attached hydrogens (tertiary/aromatic N) is 2. The Balaban J connectivity index is 2.41. The molecule has 0 radical (unpaired) electrons. The molecule has 18 heavy (non-hydrogen) atoms. The standard InChI is InChI=1S/C14H15N3O/c1-3-10-7-14(18)17(9-10)13-6-11(8-15)4-5-12(13)16-2/h3-6,10,16H,1,7,9H2,2H3. The minimum Gasteiger partial charge on any atom is -0.386 e. The van der Waals surface area contributed by atoms with Gasteiger partial charge in [-0.15, -0.1) is 6.58 Å². The average molecular weight is 241 g/mol. The van der Waals surface area contributed by atoms with Gasteiger partial charge in [-0.25, -0.2) is 0 Å². The van der Waals surface area contributed by atoms with Crippen LogP contribution in [0.1, 0.15) is 12.0 Å². The van der Waals surface area contributed by atoms with E-state index in [0.717, 1.165) is 11.4 Å². The fourth-order valence-electron chi connectivity index (χ4n) is 2.16. The Hall–Kier alpha value is -2.28. The summed E-state index contributed by atoms with van der Waals surface area (Å²) >= 11 is 0. The largest absolute Gasteiger partial charge is 0.386 e. The molecule has 4 heteroatoms. The third-order valence-corrected chi connectivity index (χ3v) is 3.18. The molecule has 0 aromatic heterocycles.